The van der Waals surface area contributed by atoms with Crippen molar-refractivity contribution in [2.24, 2.45) is 0 Å². The lowest BCUT2D eigenvalue weighted by Gasteiger charge is -2.30. The number of carbonyl (C=O) groups excluding carboxylic acids is 2. The van der Waals surface area contributed by atoms with Gasteiger partial charge in [-0.1, -0.05) is 25.5 Å². The first-order valence-corrected chi connectivity index (χ1v) is 6.81. The Morgan fingerprint density at radius 3 is 2.58 bits per heavy atom. The molecule has 0 aliphatic carbocycles. The molecule has 2 amide bonds. The molecule has 0 aromatic heterocycles. The molecule has 0 saturated carbocycles. The number of hydrogen-bond donors (Lipinski definition) is 1. The molecule has 19 heavy (non-hydrogen) atoms. The first-order valence-electron chi connectivity index (χ1n) is 6.81. The van der Waals surface area contributed by atoms with Crippen LogP contribution in [-0.4, -0.2) is 24.4 Å². The molecule has 1 atom stereocenters. The SMILES string of the molecule is CCCCc1ccc(N2CC(=O)NC(C)C2=O)cc1. The highest BCUT2D eigenvalue weighted by atomic mass is 16.2. The second-order valence-electron chi connectivity index (χ2n) is 4.98. The lowest BCUT2D eigenvalue weighted by molar-refractivity contribution is -0.130. The number of unbranched alkanes of at least 4 members (excludes halogenated alkanes) is 1. The third-order valence-electron chi connectivity index (χ3n) is 3.38. The van der Waals surface area contributed by atoms with Crippen LogP contribution in [-0.2, 0) is 16.0 Å². The van der Waals surface area contributed by atoms with Crippen molar-refractivity contribution in [1.29, 1.82) is 0 Å². The van der Waals surface area contributed by atoms with Gasteiger partial charge in [-0.15, -0.1) is 0 Å². The maximum absolute atomic E-state index is 12.0. The van der Waals surface area contributed by atoms with Crippen LogP contribution >= 0.6 is 0 Å². The summed E-state index contributed by atoms with van der Waals surface area (Å²) in [4.78, 5) is 25.1. The normalized spacial score (nSPS) is 19.5. The second-order valence-corrected chi connectivity index (χ2v) is 4.98. The summed E-state index contributed by atoms with van der Waals surface area (Å²) in [5.74, 6) is -0.164. The molecular weight excluding hydrogens is 240 g/mol. The zero-order valence-corrected chi connectivity index (χ0v) is 11.5. The van der Waals surface area contributed by atoms with Gasteiger partial charge in [0.25, 0.3) is 0 Å². The summed E-state index contributed by atoms with van der Waals surface area (Å²) in [5, 5.41) is 2.64. The summed E-state index contributed by atoms with van der Waals surface area (Å²) in [6.07, 6.45) is 3.40. The summed E-state index contributed by atoms with van der Waals surface area (Å²) >= 11 is 0. The number of anilines is 1. The van der Waals surface area contributed by atoms with E-state index in [-0.39, 0.29) is 18.4 Å². The van der Waals surface area contributed by atoms with Crippen LogP contribution < -0.4 is 10.2 Å². The van der Waals surface area contributed by atoms with E-state index in [1.54, 1.807) is 11.8 Å². The highest BCUT2D eigenvalue weighted by Gasteiger charge is 2.30. The van der Waals surface area contributed by atoms with E-state index >= 15 is 0 Å². The molecule has 1 heterocycles. The first kappa shape index (κ1) is 13.6. The molecule has 2 rings (SSSR count). The van der Waals surface area contributed by atoms with Gasteiger partial charge in [0.05, 0.1) is 0 Å². The molecule has 1 unspecified atom stereocenters. The number of amides is 2. The molecule has 0 radical (unpaired) electrons. The van der Waals surface area contributed by atoms with Crippen molar-refractivity contribution in [1.82, 2.24) is 5.32 Å². The number of carbonyl (C=O) groups is 2. The van der Waals surface area contributed by atoms with Gasteiger partial charge < -0.3 is 10.2 Å². The Bertz CT molecular complexity index is 468. The van der Waals surface area contributed by atoms with Gasteiger partial charge in [-0.3, -0.25) is 9.59 Å². The molecule has 1 saturated heterocycles. The molecule has 1 fully saturated rings. The third-order valence-corrected chi connectivity index (χ3v) is 3.38. The number of nitrogens with one attached hydrogen (secondary N) is 1. The number of piperazine rings is 1. The van der Waals surface area contributed by atoms with E-state index in [1.807, 2.05) is 24.3 Å². The fraction of sp³-hybridized carbons (Fsp3) is 0.467. The van der Waals surface area contributed by atoms with Gasteiger partial charge in [0.2, 0.25) is 11.8 Å². The topological polar surface area (TPSA) is 49.4 Å². The van der Waals surface area contributed by atoms with Crippen molar-refractivity contribution in [2.45, 2.75) is 39.2 Å². The fourth-order valence-electron chi connectivity index (χ4n) is 2.25. The summed E-state index contributed by atoms with van der Waals surface area (Å²) in [6, 6.07) is 7.48. The maximum atomic E-state index is 12.0. The third kappa shape index (κ3) is 3.13. The molecule has 102 valence electrons. The zero-order valence-electron chi connectivity index (χ0n) is 11.5. The molecule has 1 aliphatic rings. The van der Waals surface area contributed by atoms with Gasteiger partial charge in [-0.05, 0) is 37.5 Å². The molecule has 1 N–H and O–H groups in total. The quantitative estimate of drug-likeness (QED) is 0.898. The molecular formula is C15H20N2O2. The molecule has 4 nitrogen and oxygen atoms in total. The standard InChI is InChI=1S/C15H20N2O2/c1-3-4-5-12-6-8-13(9-7-12)17-10-14(18)16-11(2)15(17)19/h6-9,11H,3-5,10H2,1-2H3,(H,16,18). The summed E-state index contributed by atoms with van der Waals surface area (Å²) in [6.45, 7) is 3.99. The predicted molar refractivity (Wildman–Crippen MR) is 75.0 cm³/mol. The Hall–Kier alpha value is -1.84. The van der Waals surface area contributed by atoms with Crippen molar-refractivity contribution in [3.8, 4) is 0 Å². The monoisotopic (exact) mass is 260 g/mol. The molecule has 1 aliphatic heterocycles. The fourth-order valence-corrected chi connectivity index (χ4v) is 2.25. The Kier molecular flexibility index (Phi) is 4.20. The van der Waals surface area contributed by atoms with Crippen LogP contribution in [0.2, 0.25) is 0 Å². The average Bonchev–Trinajstić information content (AvgIpc) is 2.41. The van der Waals surface area contributed by atoms with E-state index < -0.39 is 6.04 Å². The first-order chi connectivity index (χ1) is 9.11. The van der Waals surface area contributed by atoms with Crippen molar-refractivity contribution < 1.29 is 9.59 Å². The van der Waals surface area contributed by atoms with Crippen LogP contribution in [0.4, 0.5) is 5.69 Å². The number of benzene rings is 1. The van der Waals surface area contributed by atoms with Gasteiger partial charge in [0.15, 0.2) is 0 Å². The van der Waals surface area contributed by atoms with E-state index in [1.165, 1.54) is 18.4 Å². The van der Waals surface area contributed by atoms with E-state index in [9.17, 15) is 9.59 Å². The van der Waals surface area contributed by atoms with E-state index in [0.29, 0.717) is 0 Å². The Balaban J connectivity index is 2.12. The second kappa shape index (κ2) is 5.87. The largest absolute Gasteiger partial charge is 0.343 e. The average molecular weight is 260 g/mol. The number of rotatable bonds is 4. The van der Waals surface area contributed by atoms with E-state index in [4.69, 9.17) is 0 Å². The minimum atomic E-state index is -0.444. The van der Waals surface area contributed by atoms with E-state index in [0.717, 1.165) is 12.1 Å². The summed E-state index contributed by atoms with van der Waals surface area (Å²) in [7, 11) is 0. The molecule has 0 spiro atoms. The van der Waals surface area contributed by atoms with Gasteiger partial charge in [-0.2, -0.15) is 0 Å². The van der Waals surface area contributed by atoms with Crippen LogP contribution in [0.15, 0.2) is 24.3 Å². The van der Waals surface area contributed by atoms with Crippen molar-refractivity contribution in [3.63, 3.8) is 0 Å². The van der Waals surface area contributed by atoms with Gasteiger partial charge in [0, 0.05) is 5.69 Å². The Morgan fingerprint density at radius 2 is 1.95 bits per heavy atom. The highest BCUT2D eigenvalue weighted by Crippen LogP contribution is 2.19. The smallest absolute Gasteiger partial charge is 0.249 e. The number of nitrogens with zero attached hydrogens (tertiary/aromatic N) is 1. The van der Waals surface area contributed by atoms with Gasteiger partial charge in [-0.25, -0.2) is 0 Å². The molecule has 1 aromatic rings. The highest BCUT2D eigenvalue weighted by molar-refractivity contribution is 6.06. The van der Waals surface area contributed by atoms with Crippen LogP contribution in [0.1, 0.15) is 32.3 Å². The number of hydrogen-bond acceptors (Lipinski definition) is 2. The Morgan fingerprint density at radius 1 is 1.26 bits per heavy atom. The van der Waals surface area contributed by atoms with E-state index in [2.05, 4.69) is 12.2 Å². The lowest BCUT2D eigenvalue weighted by Crippen LogP contribution is -2.57. The zero-order chi connectivity index (χ0) is 13.8. The van der Waals surface area contributed by atoms with Crippen LogP contribution in [0.3, 0.4) is 0 Å². The summed E-state index contributed by atoms with van der Waals surface area (Å²) in [5.41, 5.74) is 2.07. The van der Waals surface area contributed by atoms with Crippen molar-refractivity contribution in [2.75, 3.05) is 11.4 Å². The van der Waals surface area contributed by atoms with Crippen LogP contribution in [0, 0.1) is 0 Å². The number of aryl methyl sites for hydroxylation is 1. The molecule has 1 aromatic carbocycles. The van der Waals surface area contributed by atoms with Gasteiger partial charge >= 0.3 is 0 Å². The minimum Gasteiger partial charge on any atom is -0.343 e. The predicted octanol–water partition coefficient (Wildman–Crippen LogP) is 1.88. The van der Waals surface area contributed by atoms with Crippen molar-refractivity contribution in [3.05, 3.63) is 29.8 Å². The summed E-state index contributed by atoms with van der Waals surface area (Å²) < 4.78 is 0. The molecule has 0 bridgehead atoms. The van der Waals surface area contributed by atoms with Crippen LogP contribution in [0.25, 0.3) is 0 Å². The van der Waals surface area contributed by atoms with Crippen LogP contribution in [0.5, 0.6) is 0 Å². The maximum Gasteiger partial charge on any atom is 0.249 e. The lowest BCUT2D eigenvalue weighted by atomic mass is 10.1. The van der Waals surface area contributed by atoms with Crippen molar-refractivity contribution >= 4 is 17.5 Å². The minimum absolute atomic E-state index is 0.0547. The Labute approximate surface area is 113 Å². The molecule has 4 heteroatoms. The van der Waals surface area contributed by atoms with Gasteiger partial charge in [0.1, 0.15) is 12.6 Å².